The number of carbonyl (C=O) groups excluding carboxylic acids is 1. The molecule has 1 aromatic carbocycles. The van der Waals surface area contributed by atoms with Crippen LogP contribution >= 0.6 is 0 Å². The summed E-state index contributed by atoms with van der Waals surface area (Å²) in [7, 11) is 0. The monoisotopic (exact) mass is 277 g/mol. The van der Waals surface area contributed by atoms with Crippen molar-refractivity contribution in [2.45, 2.75) is 6.04 Å². The highest BCUT2D eigenvalue weighted by atomic mass is 16.4. The first-order chi connectivity index (χ1) is 9.66. The molecule has 20 heavy (non-hydrogen) atoms. The van der Waals surface area contributed by atoms with Gasteiger partial charge in [-0.15, -0.1) is 0 Å². The van der Waals surface area contributed by atoms with E-state index in [1.54, 1.807) is 24.3 Å². The third-order valence-electron chi connectivity index (χ3n) is 3.26. The molecule has 0 unspecified atom stereocenters. The summed E-state index contributed by atoms with van der Waals surface area (Å²) in [5.74, 6) is -1.31. The first-order valence-corrected chi connectivity index (χ1v) is 6.67. The molecule has 0 bridgehead atoms. The lowest BCUT2D eigenvalue weighted by molar-refractivity contribution is -0.142. The van der Waals surface area contributed by atoms with Gasteiger partial charge in [-0.05, 0) is 5.56 Å². The summed E-state index contributed by atoms with van der Waals surface area (Å²) in [5, 5.41) is 15.0. The summed E-state index contributed by atoms with van der Waals surface area (Å²) in [6, 6.07) is 7.73. The maximum atomic E-state index is 12.0. The number of nitrogens with zero attached hydrogens (tertiary/aromatic N) is 1. The summed E-state index contributed by atoms with van der Waals surface area (Å²) >= 11 is 0. The fourth-order valence-electron chi connectivity index (χ4n) is 2.21. The summed E-state index contributed by atoms with van der Waals surface area (Å²) in [4.78, 5) is 25.3. The molecule has 0 radical (unpaired) electrons. The lowest BCUT2D eigenvalue weighted by atomic mass is 10.1. The van der Waals surface area contributed by atoms with E-state index in [1.165, 1.54) is 0 Å². The maximum Gasteiger partial charge on any atom is 0.330 e. The Morgan fingerprint density at radius 3 is 2.50 bits per heavy atom. The van der Waals surface area contributed by atoms with Crippen LogP contribution in [-0.4, -0.2) is 54.6 Å². The molecule has 1 aromatic rings. The Morgan fingerprint density at radius 1 is 1.25 bits per heavy atom. The molecule has 1 aliphatic rings. The molecule has 0 aliphatic carbocycles. The second kappa shape index (κ2) is 7.02. The number of piperazine rings is 1. The predicted octanol–water partition coefficient (Wildman–Crippen LogP) is -0.166. The molecule has 1 fully saturated rings. The second-order valence-corrected chi connectivity index (χ2v) is 4.78. The number of amides is 1. The number of hydrogen-bond donors (Lipinski definition) is 3. The van der Waals surface area contributed by atoms with Crippen LogP contribution in [0.4, 0.5) is 0 Å². The van der Waals surface area contributed by atoms with Crippen molar-refractivity contribution in [3.8, 4) is 0 Å². The van der Waals surface area contributed by atoms with Crippen LogP contribution in [0.5, 0.6) is 0 Å². The van der Waals surface area contributed by atoms with Crippen LogP contribution in [0.15, 0.2) is 30.3 Å². The minimum absolute atomic E-state index is 0.234. The first kappa shape index (κ1) is 14.5. The van der Waals surface area contributed by atoms with E-state index in [0.29, 0.717) is 5.56 Å². The van der Waals surface area contributed by atoms with Crippen LogP contribution in [-0.2, 0) is 9.59 Å². The molecule has 2 rings (SSSR count). The van der Waals surface area contributed by atoms with Crippen molar-refractivity contribution in [1.29, 1.82) is 0 Å². The highest BCUT2D eigenvalue weighted by Crippen LogP contribution is 2.12. The van der Waals surface area contributed by atoms with Gasteiger partial charge in [0.15, 0.2) is 6.04 Å². The summed E-state index contributed by atoms with van der Waals surface area (Å²) < 4.78 is 0. The number of carboxylic acid groups (broad SMARTS) is 1. The molecule has 6 heteroatoms. The van der Waals surface area contributed by atoms with Crippen LogP contribution in [0, 0.1) is 0 Å². The molecule has 108 valence electrons. The largest absolute Gasteiger partial charge is 0.479 e. The van der Waals surface area contributed by atoms with Gasteiger partial charge in [0.1, 0.15) is 0 Å². The van der Waals surface area contributed by atoms with Crippen molar-refractivity contribution >= 4 is 11.9 Å². The van der Waals surface area contributed by atoms with E-state index in [2.05, 4.69) is 10.6 Å². The summed E-state index contributed by atoms with van der Waals surface area (Å²) in [6.07, 6.45) is 0. The SMILES string of the molecule is O=C(CN1CCNCC1)N[C@@H](C(=O)O)c1ccccc1. The number of aliphatic carboxylic acids is 1. The van der Waals surface area contributed by atoms with Crippen LogP contribution < -0.4 is 10.6 Å². The van der Waals surface area contributed by atoms with Crippen molar-refractivity contribution in [2.75, 3.05) is 32.7 Å². The van der Waals surface area contributed by atoms with Crippen LogP contribution in [0.25, 0.3) is 0 Å². The first-order valence-electron chi connectivity index (χ1n) is 6.67. The van der Waals surface area contributed by atoms with Gasteiger partial charge in [0, 0.05) is 26.2 Å². The Kier molecular flexibility index (Phi) is 5.09. The molecule has 3 N–H and O–H groups in total. The third kappa shape index (κ3) is 4.04. The van der Waals surface area contributed by atoms with Gasteiger partial charge in [0.25, 0.3) is 0 Å². The van der Waals surface area contributed by atoms with E-state index >= 15 is 0 Å². The van der Waals surface area contributed by atoms with E-state index in [0.717, 1.165) is 26.2 Å². The highest BCUT2D eigenvalue weighted by Gasteiger charge is 2.23. The quantitative estimate of drug-likeness (QED) is 0.696. The lowest BCUT2D eigenvalue weighted by Gasteiger charge is -2.27. The molecule has 1 atom stereocenters. The van der Waals surface area contributed by atoms with Crippen molar-refractivity contribution in [1.82, 2.24) is 15.5 Å². The zero-order valence-corrected chi connectivity index (χ0v) is 11.2. The molecule has 6 nitrogen and oxygen atoms in total. The van der Waals surface area contributed by atoms with Gasteiger partial charge in [-0.3, -0.25) is 9.69 Å². The van der Waals surface area contributed by atoms with Gasteiger partial charge in [-0.1, -0.05) is 30.3 Å². The molecule has 1 aliphatic heterocycles. The lowest BCUT2D eigenvalue weighted by Crippen LogP contribution is -2.48. The third-order valence-corrected chi connectivity index (χ3v) is 3.26. The van der Waals surface area contributed by atoms with E-state index < -0.39 is 12.0 Å². The number of carboxylic acids is 1. The van der Waals surface area contributed by atoms with E-state index in [-0.39, 0.29) is 12.5 Å². The molecular weight excluding hydrogens is 258 g/mol. The Hall–Kier alpha value is -1.92. The number of carbonyl (C=O) groups is 2. The molecule has 0 aromatic heterocycles. The smallest absolute Gasteiger partial charge is 0.330 e. The van der Waals surface area contributed by atoms with Gasteiger partial charge < -0.3 is 15.7 Å². The normalized spacial score (nSPS) is 17.4. The fraction of sp³-hybridized carbons (Fsp3) is 0.429. The Morgan fingerprint density at radius 2 is 1.90 bits per heavy atom. The fourth-order valence-corrected chi connectivity index (χ4v) is 2.21. The van der Waals surface area contributed by atoms with Gasteiger partial charge in [0.05, 0.1) is 6.54 Å². The zero-order valence-electron chi connectivity index (χ0n) is 11.2. The van der Waals surface area contributed by atoms with Crippen molar-refractivity contribution < 1.29 is 14.7 Å². The average Bonchev–Trinajstić information content (AvgIpc) is 2.46. The molecule has 1 amide bonds. The van der Waals surface area contributed by atoms with E-state index in [9.17, 15) is 14.7 Å². The van der Waals surface area contributed by atoms with Crippen LogP contribution in [0.1, 0.15) is 11.6 Å². The Labute approximate surface area is 117 Å². The molecule has 0 saturated carbocycles. The van der Waals surface area contributed by atoms with Crippen LogP contribution in [0.3, 0.4) is 0 Å². The second-order valence-electron chi connectivity index (χ2n) is 4.78. The number of benzene rings is 1. The minimum atomic E-state index is -1.05. The molecule has 1 saturated heterocycles. The highest BCUT2D eigenvalue weighted by molar-refractivity contribution is 5.85. The van der Waals surface area contributed by atoms with Gasteiger partial charge in [-0.25, -0.2) is 4.79 Å². The Balaban J connectivity index is 1.94. The number of nitrogens with one attached hydrogen (secondary N) is 2. The minimum Gasteiger partial charge on any atom is -0.479 e. The van der Waals surface area contributed by atoms with Crippen molar-refractivity contribution in [3.05, 3.63) is 35.9 Å². The van der Waals surface area contributed by atoms with Gasteiger partial charge in [0.2, 0.25) is 5.91 Å². The zero-order chi connectivity index (χ0) is 14.4. The predicted molar refractivity (Wildman–Crippen MR) is 74.3 cm³/mol. The number of hydrogen-bond acceptors (Lipinski definition) is 4. The molecule has 0 spiro atoms. The summed E-state index contributed by atoms with van der Waals surface area (Å²) in [6.45, 7) is 3.55. The Bertz CT molecular complexity index is 458. The molecule has 1 heterocycles. The van der Waals surface area contributed by atoms with E-state index in [4.69, 9.17) is 0 Å². The van der Waals surface area contributed by atoms with Gasteiger partial charge in [-0.2, -0.15) is 0 Å². The van der Waals surface area contributed by atoms with Crippen molar-refractivity contribution in [2.24, 2.45) is 0 Å². The van der Waals surface area contributed by atoms with Gasteiger partial charge >= 0.3 is 5.97 Å². The van der Waals surface area contributed by atoms with E-state index in [1.807, 2.05) is 11.0 Å². The average molecular weight is 277 g/mol. The topological polar surface area (TPSA) is 81.7 Å². The standard InChI is InChI=1S/C14H19N3O3/c18-12(10-17-8-6-15-7-9-17)16-13(14(19)20)11-4-2-1-3-5-11/h1-5,13,15H,6-10H2,(H,16,18)(H,19,20)/t13-/m1/s1. The number of rotatable bonds is 5. The summed E-state index contributed by atoms with van der Waals surface area (Å²) in [5.41, 5.74) is 0.577. The maximum absolute atomic E-state index is 12.0. The molecular formula is C14H19N3O3. The van der Waals surface area contributed by atoms with Crippen molar-refractivity contribution in [3.63, 3.8) is 0 Å². The van der Waals surface area contributed by atoms with Crippen LogP contribution in [0.2, 0.25) is 0 Å².